The quantitative estimate of drug-likeness (QED) is 0.194. The second kappa shape index (κ2) is 11.2. The van der Waals surface area contributed by atoms with Gasteiger partial charge in [0.05, 0.1) is 0 Å². The summed E-state index contributed by atoms with van der Waals surface area (Å²) in [6, 6.07) is 42.1. The third-order valence-corrected chi connectivity index (χ3v) is 7.83. The van der Waals surface area contributed by atoms with Gasteiger partial charge < -0.3 is 0 Å². The van der Waals surface area contributed by atoms with E-state index in [1.807, 2.05) is 0 Å². The second-order valence-electron chi connectivity index (χ2n) is 10.6. The Bertz CT molecular complexity index is 1860. The fraction of sp³-hybridized carbons (Fsp3) is 0.100. The van der Waals surface area contributed by atoms with Gasteiger partial charge in [-0.15, -0.1) is 0 Å². The highest BCUT2D eigenvalue weighted by atomic mass is 14.2. The van der Waals surface area contributed by atoms with Gasteiger partial charge in [0.25, 0.3) is 0 Å². The van der Waals surface area contributed by atoms with E-state index in [-0.39, 0.29) is 0 Å². The maximum Gasteiger partial charge on any atom is -0.00667 e. The molecule has 0 aliphatic rings. The Morgan fingerprint density at radius 1 is 0.475 bits per heavy atom. The van der Waals surface area contributed by atoms with Crippen LogP contribution in [0, 0.1) is 13.8 Å². The van der Waals surface area contributed by atoms with E-state index in [0.717, 1.165) is 6.42 Å². The van der Waals surface area contributed by atoms with Gasteiger partial charge in [-0.25, -0.2) is 0 Å². The Balaban J connectivity index is 1.49. The van der Waals surface area contributed by atoms with Crippen molar-refractivity contribution in [3.05, 3.63) is 154 Å². The Morgan fingerprint density at radius 2 is 0.975 bits per heavy atom. The molecule has 6 rings (SSSR count). The number of benzene rings is 6. The fourth-order valence-electron chi connectivity index (χ4n) is 5.61. The number of fused-ring (bicyclic) bond motifs is 2. The summed E-state index contributed by atoms with van der Waals surface area (Å²) in [6.45, 7) is 6.52. The fourth-order valence-corrected chi connectivity index (χ4v) is 5.61. The van der Waals surface area contributed by atoms with E-state index in [1.165, 1.54) is 71.6 Å². The van der Waals surface area contributed by atoms with Crippen LogP contribution in [0.5, 0.6) is 0 Å². The highest BCUT2D eigenvalue weighted by molar-refractivity contribution is 6.10. The molecule has 0 amide bonds. The van der Waals surface area contributed by atoms with Crippen molar-refractivity contribution in [3.8, 4) is 11.1 Å². The predicted molar refractivity (Wildman–Crippen MR) is 176 cm³/mol. The standard InChI is InChI=1S/C40H34/c1-4-32-27-34(24-22-31-19-15-29(3)16-20-31)36-10-6-8-12-38(36)40(32)39-26-25-33(35-9-5-7-11-37(35)39)23-21-30-17-13-28(2)14-18-30/h5-27H,4H2,1-3H3/b23-21+,24-22+. The Hall–Kier alpha value is -4.68. The van der Waals surface area contributed by atoms with Crippen molar-refractivity contribution in [2.75, 3.05) is 0 Å². The SMILES string of the molecule is CCc1cc(/C=C/c2ccc(C)cc2)c2ccccc2c1-c1ccc(/C=C/c2ccc(C)cc2)c2ccccc12. The maximum absolute atomic E-state index is 2.39. The van der Waals surface area contributed by atoms with Crippen molar-refractivity contribution in [2.24, 2.45) is 0 Å². The van der Waals surface area contributed by atoms with E-state index < -0.39 is 0 Å². The largest absolute Gasteiger partial charge is 0.0616 e. The molecule has 6 aromatic carbocycles. The van der Waals surface area contributed by atoms with Gasteiger partial charge in [0.1, 0.15) is 0 Å². The topological polar surface area (TPSA) is 0 Å². The highest BCUT2D eigenvalue weighted by Crippen LogP contribution is 2.40. The van der Waals surface area contributed by atoms with E-state index in [4.69, 9.17) is 0 Å². The zero-order valence-electron chi connectivity index (χ0n) is 23.5. The van der Waals surface area contributed by atoms with Gasteiger partial charge in [-0.3, -0.25) is 0 Å². The number of hydrogen-bond donors (Lipinski definition) is 0. The van der Waals surface area contributed by atoms with Crippen LogP contribution in [-0.4, -0.2) is 0 Å². The zero-order chi connectivity index (χ0) is 27.5. The first-order valence-corrected chi connectivity index (χ1v) is 14.2. The Morgan fingerprint density at radius 3 is 1.55 bits per heavy atom. The molecule has 0 atom stereocenters. The summed E-state index contributed by atoms with van der Waals surface area (Å²) in [6.07, 6.45) is 9.92. The van der Waals surface area contributed by atoms with Crippen molar-refractivity contribution < 1.29 is 0 Å². The molecular formula is C40H34. The van der Waals surface area contributed by atoms with E-state index in [1.54, 1.807) is 0 Å². The minimum atomic E-state index is 0.967. The summed E-state index contributed by atoms with van der Waals surface area (Å²) in [4.78, 5) is 0. The monoisotopic (exact) mass is 514 g/mol. The maximum atomic E-state index is 2.39. The van der Waals surface area contributed by atoms with E-state index in [9.17, 15) is 0 Å². The molecule has 0 nitrogen and oxygen atoms in total. The smallest absolute Gasteiger partial charge is 0.00667 e. The molecule has 0 aromatic heterocycles. The third kappa shape index (κ3) is 5.14. The predicted octanol–water partition coefficient (Wildman–Crippen LogP) is 11.2. The molecule has 0 saturated heterocycles. The average molecular weight is 515 g/mol. The normalized spacial score (nSPS) is 11.8. The molecule has 6 aromatic rings. The van der Waals surface area contributed by atoms with Crippen LogP contribution >= 0.6 is 0 Å². The first-order chi connectivity index (χ1) is 19.6. The first kappa shape index (κ1) is 25.6. The van der Waals surface area contributed by atoms with Crippen molar-refractivity contribution in [1.29, 1.82) is 0 Å². The summed E-state index contributed by atoms with van der Waals surface area (Å²) in [5, 5.41) is 5.15. The van der Waals surface area contributed by atoms with Gasteiger partial charge >= 0.3 is 0 Å². The lowest BCUT2D eigenvalue weighted by molar-refractivity contribution is 1.15. The Labute approximate surface area is 238 Å². The van der Waals surface area contributed by atoms with E-state index in [0.29, 0.717) is 0 Å². The third-order valence-electron chi connectivity index (χ3n) is 7.83. The molecule has 0 aliphatic heterocycles. The highest BCUT2D eigenvalue weighted by Gasteiger charge is 2.15. The minimum Gasteiger partial charge on any atom is -0.0616 e. The molecule has 0 heterocycles. The molecule has 40 heavy (non-hydrogen) atoms. The van der Waals surface area contributed by atoms with Gasteiger partial charge in [0.2, 0.25) is 0 Å². The zero-order valence-corrected chi connectivity index (χ0v) is 23.5. The first-order valence-electron chi connectivity index (χ1n) is 14.2. The molecule has 0 unspecified atom stereocenters. The molecule has 0 saturated carbocycles. The summed E-state index contributed by atoms with van der Waals surface area (Å²) in [7, 11) is 0. The van der Waals surface area contributed by atoms with Crippen molar-refractivity contribution in [2.45, 2.75) is 27.2 Å². The summed E-state index contributed by atoms with van der Waals surface area (Å²) >= 11 is 0. The van der Waals surface area contributed by atoms with Crippen molar-refractivity contribution in [3.63, 3.8) is 0 Å². The summed E-state index contributed by atoms with van der Waals surface area (Å²) in [5.41, 5.74) is 11.5. The lowest BCUT2D eigenvalue weighted by Crippen LogP contribution is -1.94. The second-order valence-corrected chi connectivity index (χ2v) is 10.6. The molecule has 0 radical (unpaired) electrons. The average Bonchev–Trinajstić information content (AvgIpc) is 3.00. The molecule has 0 aliphatic carbocycles. The lowest BCUT2D eigenvalue weighted by atomic mass is 9.86. The van der Waals surface area contributed by atoms with Gasteiger partial charge in [-0.05, 0) is 80.8 Å². The summed E-state index contributed by atoms with van der Waals surface area (Å²) in [5.74, 6) is 0. The number of rotatable bonds is 6. The van der Waals surface area contributed by atoms with Crippen LogP contribution in [0.15, 0.2) is 115 Å². The van der Waals surface area contributed by atoms with Crippen LogP contribution in [-0.2, 0) is 6.42 Å². The van der Waals surface area contributed by atoms with Crippen molar-refractivity contribution in [1.82, 2.24) is 0 Å². The molecule has 194 valence electrons. The van der Waals surface area contributed by atoms with Crippen LogP contribution in [0.4, 0.5) is 0 Å². The number of aryl methyl sites for hydroxylation is 3. The molecule has 0 fully saturated rings. The van der Waals surface area contributed by atoms with Gasteiger partial charge in [0, 0.05) is 0 Å². The van der Waals surface area contributed by atoms with E-state index in [2.05, 4.69) is 160 Å². The molecule has 0 spiro atoms. The van der Waals surface area contributed by atoms with E-state index >= 15 is 0 Å². The van der Waals surface area contributed by atoms with Gasteiger partial charge in [-0.1, -0.05) is 158 Å². The lowest BCUT2D eigenvalue weighted by Gasteiger charge is -2.18. The van der Waals surface area contributed by atoms with Crippen LogP contribution < -0.4 is 0 Å². The molecule has 0 heteroatoms. The van der Waals surface area contributed by atoms with Crippen molar-refractivity contribution >= 4 is 45.8 Å². The molecule has 0 N–H and O–H groups in total. The molecule has 0 bridgehead atoms. The van der Waals surface area contributed by atoms with Crippen LogP contribution in [0.1, 0.15) is 45.9 Å². The van der Waals surface area contributed by atoms with Crippen LogP contribution in [0.2, 0.25) is 0 Å². The summed E-state index contributed by atoms with van der Waals surface area (Å²) < 4.78 is 0. The van der Waals surface area contributed by atoms with Crippen LogP contribution in [0.3, 0.4) is 0 Å². The van der Waals surface area contributed by atoms with Crippen LogP contribution in [0.25, 0.3) is 57.0 Å². The number of hydrogen-bond acceptors (Lipinski definition) is 0. The molecular weight excluding hydrogens is 480 g/mol. The van der Waals surface area contributed by atoms with Gasteiger partial charge in [-0.2, -0.15) is 0 Å². The Kier molecular flexibility index (Phi) is 7.17. The van der Waals surface area contributed by atoms with Gasteiger partial charge in [0.15, 0.2) is 0 Å². The minimum absolute atomic E-state index is 0.967.